The second-order valence-electron chi connectivity index (χ2n) is 6.51. The number of hydrogen-bond donors (Lipinski definition) is 3. The average molecular weight is 368 g/mol. The lowest BCUT2D eigenvalue weighted by atomic mass is 10.1. The molecule has 1 aliphatic carbocycles. The number of methoxy groups -OCH3 is 1. The molecule has 27 heavy (non-hydrogen) atoms. The largest absolute Gasteiger partial charge is 0.495 e. The summed E-state index contributed by atoms with van der Waals surface area (Å²) < 4.78 is 5.31. The lowest BCUT2D eigenvalue weighted by Gasteiger charge is -2.18. The van der Waals surface area contributed by atoms with Gasteiger partial charge in [-0.1, -0.05) is 13.0 Å². The van der Waals surface area contributed by atoms with Crippen LogP contribution in [0.1, 0.15) is 48.1 Å². The molecular weight excluding hydrogens is 344 g/mol. The Bertz CT molecular complexity index is 806. The van der Waals surface area contributed by atoms with Gasteiger partial charge in [0.15, 0.2) is 0 Å². The predicted molar refractivity (Wildman–Crippen MR) is 103 cm³/mol. The van der Waals surface area contributed by atoms with Gasteiger partial charge < -0.3 is 20.7 Å². The van der Waals surface area contributed by atoms with Crippen LogP contribution in [0, 0.1) is 0 Å². The Morgan fingerprint density at radius 3 is 2.74 bits per heavy atom. The van der Waals surface area contributed by atoms with E-state index in [1.54, 1.807) is 30.6 Å². The lowest BCUT2D eigenvalue weighted by Crippen LogP contribution is -2.32. The van der Waals surface area contributed by atoms with Crippen LogP contribution in [0.5, 0.6) is 5.75 Å². The summed E-state index contributed by atoms with van der Waals surface area (Å²) in [4.78, 5) is 28.8. The van der Waals surface area contributed by atoms with Crippen LogP contribution in [0.3, 0.4) is 0 Å². The summed E-state index contributed by atoms with van der Waals surface area (Å²) in [6, 6.07) is 8.48. The summed E-state index contributed by atoms with van der Waals surface area (Å²) in [5.74, 6) is 0.341. The van der Waals surface area contributed by atoms with E-state index in [-0.39, 0.29) is 24.0 Å². The number of carbonyl (C=O) groups excluding carboxylic acids is 2. The predicted octanol–water partition coefficient (Wildman–Crippen LogP) is 3.26. The molecule has 0 radical (unpaired) electrons. The molecule has 7 heteroatoms. The van der Waals surface area contributed by atoms with Crippen LogP contribution in [0.4, 0.5) is 10.5 Å². The molecule has 0 unspecified atom stereocenters. The number of nitrogens with one attached hydrogen (secondary N) is 3. The maximum Gasteiger partial charge on any atom is 0.319 e. The third kappa shape index (κ3) is 4.97. The number of carbonyl (C=O) groups is 2. The van der Waals surface area contributed by atoms with Crippen LogP contribution in [0.25, 0.3) is 0 Å². The van der Waals surface area contributed by atoms with Crippen LogP contribution in [-0.4, -0.2) is 30.1 Å². The van der Waals surface area contributed by atoms with Crippen LogP contribution < -0.4 is 20.7 Å². The van der Waals surface area contributed by atoms with Crippen molar-refractivity contribution in [2.75, 3.05) is 12.4 Å². The van der Waals surface area contributed by atoms with E-state index in [0.29, 0.717) is 17.0 Å². The molecule has 1 fully saturated rings. The zero-order valence-corrected chi connectivity index (χ0v) is 15.5. The molecule has 142 valence electrons. The van der Waals surface area contributed by atoms with Crippen molar-refractivity contribution in [2.24, 2.45) is 0 Å². The fourth-order valence-corrected chi connectivity index (χ4v) is 2.76. The SMILES string of the molecule is CC[C@@H](NC(=O)Nc1cc(C(=O)NC2CC2)ccc1OC)c1cccnc1. The summed E-state index contributed by atoms with van der Waals surface area (Å²) in [6.07, 6.45) is 6.18. The van der Waals surface area contributed by atoms with Crippen molar-refractivity contribution in [3.8, 4) is 5.75 Å². The summed E-state index contributed by atoms with van der Waals surface area (Å²) >= 11 is 0. The Morgan fingerprint density at radius 1 is 1.30 bits per heavy atom. The van der Waals surface area contributed by atoms with Gasteiger partial charge in [0.05, 0.1) is 18.8 Å². The smallest absolute Gasteiger partial charge is 0.319 e. The number of ether oxygens (including phenoxy) is 1. The Morgan fingerprint density at radius 2 is 2.11 bits per heavy atom. The highest BCUT2D eigenvalue weighted by Crippen LogP contribution is 2.27. The highest BCUT2D eigenvalue weighted by atomic mass is 16.5. The van der Waals surface area contributed by atoms with Crippen molar-refractivity contribution in [1.82, 2.24) is 15.6 Å². The molecule has 3 N–H and O–H groups in total. The number of urea groups is 1. The summed E-state index contributed by atoms with van der Waals surface area (Å²) in [5.41, 5.74) is 1.86. The first kappa shape index (κ1) is 18.7. The van der Waals surface area contributed by atoms with Gasteiger partial charge in [0, 0.05) is 24.0 Å². The number of aromatic nitrogens is 1. The number of benzene rings is 1. The molecule has 3 amide bonds. The Hall–Kier alpha value is -3.09. The van der Waals surface area contributed by atoms with Crippen molar-refractivity contribution >= 4 is 17.6 Å². The van der Waals surface area contributed by atoms with Crippen LogP contribution in [0.2, 0.25) is 0 Å². The molecule has 0 aliphatic heterocycles. The maximum absolute atomic E-state index is 12.5. The first-order chi connectivity index (χ1) is 13.1. The highest BCUT2D eigenvalue weighted by Gasteiger charge is 2.24. The van der Waals surface area contributed by atoms with Crippen molar-refractivity contribution in [3.63, 3.8) is 0 Å². The lowest BCUT2D eigenvalue weighted by molar-refractivity contribution is 0.0951. The fraction of sp³-hybridized carbons (Fsp3) is 0.350. The zero-order valence-electron chi connectivity index (χ0n) is 15.5. The average Bonchev–Trinajstić information content (AvgIpc) is 3.50. The van der Waals surface area contributed by atoms with E-state index in [1.165, 1.54) is 7.11 Å². The third-order valence-corrected chi connectivity index (χ3v) is 4.42. The standard InChI is InChI=1S/C20H24N4O3/c1-3-16(14-5-4-10-21-12-14)23-20(26)24-17-11-13(6-9-18(17)27-2)19(25)22-15-7-8-15/h4-6,9-12,15-16H,3,7-8H2,1-2H3,(H,22,25)(H2,23,24,26)/t16-/m1/s1. The van der Waals surface area contributed by atoms with Crippen LogP contribution in [-0.2, 0) is 0 Å². The minimum atomic E-state index is -0.372. The van der Waals surface area contributed by atoms with Gasteiger partial charge in [-0.3, -0.25) is 9.78 Å². The maximum atomic E-state index is 12.5. The van der Waals surface area contributed by atoms with E-state index in [9.17, 15) is 9.59 Å². The fourth-order valence-electron chi connectivity index (χ4n) is 2.76. The topological polar surface area (TPSA) is 92.4 Å². The van der Waals surface area contributed by atoms with Gasteiger partial charge in [0.2, 0.25) is 0 Å². The van der Waals surface area contributed by atoms with Crippen LogP contribution in [0.15, 0.2) is 42.7 Å². The number of amides is 3. The summed E-state index contributed by atoms with van der Waals surface area (Å²) in [5, 5.41) is 8.65. The first-order valence-corrected chi connectivity index (χ1v) is 9.07. The van der Waals surface area contributed by atoms with Gasteiger partial charge in [0.25, 0.3) is 5.91 Å². The second-order valence-corrected chi connectivity index (χ2v) is 6.51. The molecule has 2 aromatic rings. The zero-order chi connectivity index (χ0) is 19.2. The molecule has 0 saturated heterocycles. The Kier molecular flexibility index (Phi) is 5.90. The van der Waals surface area contributed by atoms with Gasteiger partial charge in [0.1, 0.15) is 5.75 Å². The van der Waals surface area contributed by atoms with Crippen molar-refractivity contribution in [3.05, 3.63) is 53.9 Å². The van der Waals surface area contributed by atoms with Crippen LogP contribution >= 0.6 is 0 Å². The normalized spacial score (nSPS) is 14.1. The number of rotatable bonds is 7. The molecule has 1 heterocycles. The quantitative estimate of drug-likeness (QED) is 0.699. The number of anilines is 1. The molecule has 1 atom stereocenters. The molecule has 1 aromatic carbocycles. The van der Waals surface area contributed by atoms with E-state index >= 15 is 0 Å². The molecule has 1 aliphatic rings. The molecule has 0 spiro atoms. The highest BCUT2D eigenvalue weighted by molar-refractivity contribution is 5.98. The minimum Gasteiger partial charge on any atom is -0.495 e. The molecule has 7 nitrogen and oxygen atoms in total. The Balaban J connectivity index is 1.70. The summed E-state index contributed by atoms with van der Waals surface area (Å²) in [7, 11) is 1.52. The summed E-state index contributed by atoms with van der Waals surface area (Å²) in [6.45, 7) is 1.99. The van der Waals surface area contributed by atoms with Gasteiger partial charge in [-0.2, -0.15) is 0 Å². The van der Waals surface area contributed by atoms with Gasteiger partial charge in [-0.25, -0.2) is 4.79 Å². The van der Waals surface area contributed by atoms with Gasteiger partial charge in [-0.05, 0) is 49.1 Å². The number of nitrogens with zero attached hydrogens (tertiary/aromatic N) is 1. The van der Waals surface area contributed by atoms with E-state index in [2.05, 4.69) is 20.9 Å². The van der Waals surface area contributed by atoms with E-state index < -0.39 is 0 Å². The Labute approximate surface area is 158 Å². The monoisotopic (exact) mass is 368 g/mol. The van der Waals surface area contributed by atoms with E-state index in [4.69, 9.17) is 4.74 Å². The van der Waals surface area contributed by atoms with Gasteiger partial charge in [-0.15, -0.1) is 0 Å². The van der Waals surface area contributed by atoms with Crippen molar-refractivity contribution in [2.45, 2.75) is 38.3 Å². The number of hydrogen-bond acceptors (Lipinski definition) is 4. The molecule has 0 bridgehead atoms. The van der Waals surface area contributed by atoms with Crippen molar-refractivity contribution in [1.29, 1.82) is 0 Å². The van der Waals surface area contributed by atoms with E-state index in [0.717, 1.165) is 24.8 Å². The van der Waals surface area contributed by atoms with Crippen molar-refractivity contribution < 1.29 is 14.3 Å². The molecule has 1 aromatic heterocycles. The number of pyridine rings is 1. The molecule has 1 saturated carbocycles. The van der Waals surface area contributed by atoms with Gasteiger partial charge >= 0.3 is 6.03 Å². The molecule has 3 rings (SSSR count). The minimum absolute atomic E-state index is 0.148. The molecular formula is C20H24N4O3. The second kappa shape index (κ2) is 8.53. The first-order valence-electron chi connectivity index (χ1n) is 9.07. The third-order valence-electron chi connectivity index (χ3n) is 4.42. The van der Waals surface area contributed by atoms with E-state index in [1.807, 2.05) is 19.1 Å².